The van der Waals surface area contributed by atoms with E-state index in [-0.39, 0.29) is 26.0 Å². The maximum absolute atomic E-state index is 14.2. The van der Waals surface area contributed by atoms with Crippen molar-refractivity contribution in [2.24, 2.45) is 23.3 Å². The number of anilines is 1. The smallest absolute Gasteiger partial charge is 0.333 e. The molecule has 0 saturated carbocycles. The van der Waals surface area contributed by atoms with E-state index in [2.05, 4.69) is 43.8 Å². The number of nitrogens with one attached hydrogen (secondary N) is 7. The second-order valence-electron chi connectivity index (χ2n) is 21.8. The van der Waals surface area contributed by atoms with Crippen LogP contribution in [0.2, 0.25) is 0 Å². The fourth-order valence-electron chi connectivity index (χ4n) is 8.36. The van der Waals surface area contributed by atoms with Crippen molar-refractivity contribution in [3.8, 4) is 0 Å². The van der Waals surface area contributed by atoms with Gasteiger partial charge in [0.25, 0.3) is 11.8 Å². The molecule has 29 nitrogen and oxygen atoms in total. The number of esters is 3. The number of nitrogens with zero attached hydrogens (tertiary/aromatic N) is 2. The number of ether oxygens (including phenoxy) is 4. The summed E-state index contributed by atoms with van der Waals surface area (Å²) in [6, 6.07) is 6.31. The van der Waals surface area contributed by atoms with Gasteiger partial charge in [0.15, 0.2) is 27.2 Å². The average Bonchev–Trinajstić information content (AvgIpc) is 3.68. The lowest BCUT2D eigenvalue weighted by Crippen LogP contribution is -2.61. The van der Waals surface area contributed by atoms with Crippen LogP contribution < -0.4 is 48.7 Å². The third-order valence-electron chi connectivity index (χ3n) is 13.8. The average molecular weight is 1270 g/mol. The summed E-state index contributed by atoms with van der Waals surface area (Å²) in [5, 5.41) is 17.6. The Kier molecular flexibility index (Phi) is 33.2. The Morgan fingerprint density at radius 2 is 1.26 bits per heavy atom. The molecular formula is C59H90N11O18P. The van der Waals surface area contributed by atoms with Crippen molar-refractivity contribution in [2.75, 3.05) is 40.1 Å². The van der Waals surface area contributed by atoms with E-state index in [1.807, 2.05) is 0 Å². The molecule has 1 unspecified atom stereocenters. The second kappa shape index (κ2) is 38.3. The Labute approximate surface area is 521 Å². The number of carbonyl (C=O) groups is 12. The molecule has 494 valence electrons. The van der Waals surface area contributed by atoms with Crippen LogP contribution in [0.25, 0.3) is 0 Å². The molecule has 0 spiro atoms. The fourth-order valence-corrected chi connectivity index (χ4v) is 9.17. The monoisotopic (exact) mass is 1270 g/mol. The van der Waals surface area contributed by atoms with E-state index in [1.54, 1.807) is 89.2 Å². The van der Waals surface area contributed by atoms with Crippen molar-refractivity contribution < 1.29 is 85.5 Å². The highest BCUT2D eigenvalue weighted by molar-refractivity contribution is 7.26. The summed E-state index contributed by atoms with van der Waals surface area (Å²) in [6.07, 6.45) is -5.47. The van der Waals surface area contributed by atoms with Gasteiger partial charge in [-0.25, -0.2) is 14.4 Å². The van der Waals surface area contributed by atoms with Gasteiger partial charge in [-0.05, 0) is 75.6 Å². The number of rotatable bonds is 37. The minimum absolute atomic E-state index is 0.0491. The topological polar surface area (TPSA) is 403 Å². The van der Waals surface area contributed by atoms with Crippen LogP contribution in [-0.4, -0.2) is 183 Å². The van der Waals surface area contributed by atoms with E-state index in [1.165, 1.54) is 55.9 Å². The Balaban J connectivity index is 2.22. The van der Waals surface area contributed by atoms with E-state index in [4.69, 9.17) is 39.5 Å². The molecule has 30 heteroatoms. The van der Waals surface area contributed by atoms with Crippen LogP contribution in [0.15, 0.2) is 66.9 Å². The Bertz CT molecular complexity index is 2760. The van der Waals surface area contributed by atoms with Gasteiger partial charge in [0.2, 0.25) is 35.4 Å². The number of methoxy groups -OCH3 is 1. The SMILES string of the molecule is C=C(C(=O)N[C@@H](C)C(=O)N(C)[C@@H](C)C(=O)N[C@H](C(=O)NC)[C@H](OC(=O)[C@@H](NC(C)=O)[C@H](OPOCc1ccc(NC(=O)[C@@H](N)CCCNC(N)=O)cc1)C(C)C)C(C)C)N(C)C(=O)[C@@H](Cc1ccccc1)OC(=O)[C@@H](NC(C)=O)[C@@H](C)OC(=O)C[C@@H](C)OC. The third kappa shape index (κ3) is 26.2. The molecule has 89 heavy (non-hydrogen) atoms. The van der Waals surface area contributed by atoms with Gasteiger partial charge in [-0.2, -0.15) is 0 Å². The molecule has 0 bridgehead atoms. The molecular weight excluding hydrogens is 1180 g/mol. The van der Waals surface area contributed by atoms with Crippen molar-refractivity contribution in [2.45, 2.75) is 168 Å². The number of primary amides is 1. The molecule has 0 aliphatic carbocycles. The molecule has 12 atom stereocenters. The summed E-state index contributed by atoms with van der Waals surface area (Å²) in [5.41, 5.74) is 12.3. The molecule has 2 aromatic rings. The molecule has 0 saturated heterocycles. The van der Waals surface area contributed by atoms with Gasteiger partial charge in [-0.15, -0.1) is 0 Å². The number of hydrogen-bond donors (Lipinski definition) is 9. The molecule has 0 aliphatic rings. The van der Waals surface area contributed by atoms with Crippen molar-refractivity contribution in [1.29, 1.82) is 0 Å². The molecule has 0 aromatic heterocycles. The van der Waals surface area contributed by atoms with E-state index in [9.17, 15) is 57.5 Å². The molecule has 0 fully saturated rings. The molecule has 2 rings (SSSR count). The Hall–Kier alpha value is -8.11. The maximum atomic E-state index is 14.2. The van der Waals surface area contributed by atoms with Crippen LogP contribution in [0.4, 0.5) is 10.5 Å². The zero-order valence-electron chi connectivity index (χ0n) is 53.0. The fraction of sp³-hybridized carbons (Fsp3) is 0.559. The van der Waals surface area contributed by atoms with Crippen molar-refractivity contribution >= 4 is 85.9 Å². The Morgan fingerprint density at radius 3 is 1.81 bits per heavy atom. The first kappa shape index (κ1) is 77.0. The maximum Gasteiger partial charge on any atom is 0.333 e. The number of hydrogen-bond acceptors (Lipinski definition) is 19. The number of amides is 10. The van der Waals surface area contributed by atoms with Gasteiger partial charge < -0.3 is 86.5 Å². The van der Waals surface area contributed by atoms with Crippen LogP contribution in [-0.2, 0) is 93.8 Å². The number of likely N-dealkylation sites (N-methyl/N-ethyl adjacent to an activating group) is 3. The van der Waals surface area contributed by atoms with E-state index in [0.29, 0.717) is 29.7 Å². The van der Waals surface area contributed by atoms with Crippen molar-refractivity contribution in [3.63, 3.8) is 0 Å². The predicted molar refractivity (Wildman–Crippen MR) is 327 cm³/mol. The van der Waals surface area contributed by atoms with E-state index < -0.39 is 165 Å². The lowest BCUT2D eigenvalue weighted by molar-refractivity contribution is -0.167. The van der Waals surface area contributed by atoms with Gasteiger partial charge in [0, 0.05) is 60.8 Å². The number of benzene rings is 2. The van der Waals surface area contributed by atoms with Gasteiger partial charge >= 0.3 is 23.9 Å². The minimum Gasteiger partial charge on any atom is -0.460 e. The van der Waals surface area contributed by atoms with Gasteiger partial charge in [-0.3, -0.25) is 43.2 Å². The largest absolute Gasteiger partial charge is 0.460 e. The summed E-state index contributed by atoms with van der Waals surface area (Å²) in [6.45, 7) is 18.7. The van der Waals surface area contributed by atoms with Gasteiger partial charge in [-0.1, -0.05) is 76.7 Å². The highest BCUT2D eigenvalue weighted by atomic mass is 31.1. The number of urea groups is 1. The number of nitrogens with two attached hydrogens (primary N) is 2. The second-order valence-corrected chi connectivity index (χ2v) is 22.4. The zero-order valence-corrected chi connectivity index (χ0v) is 54.0. The van der Waals surface area contributed by atoms with Crippen LogP contribution in [0.3, 0.4) is 0 Å². The third-order valence-corrected chi connectivity index (χ3v) is 14.4. The van der Waals surface area contributed by atoms with E-state index in [0.717, 1.165) is 16.7 Å². The van der Waals surface area contributed by atoms with Crippen LogP contribution in [0, 0.1) is 11.8 Å². The Morgan fingerprint density at radius 1 is 0.674 bits per heavy atom. The van der Waals surface area contributed by atoms with Crippen molar-refractivity contribution in [1.82, 2.24) is 41.7 Å². The van der Waals surface area contributed by atoms with Gasteiger partial charge in [0.05, 0.1) is 31.3 Å². The summed E-state index contributed by atoms with van der Waals surface area (Å²) in [7, 11) is 4.47. The zero-order chi connectivity index (χ0) is 67.4. The molecule has 0 radical (unpaired) electrons. The van der Waals surface area contributed by atoms with E-state index >= 15 is 0 Å². The molecule has 0 heterocycles. The highest BCUT2D eigenvalue weighted by Crippen LogP contribution is 2.27. The quantitative estimate of drug-likeness (QED) is 0.0150. The highest BCUT2D eigenvalue weighted by Gasteiger charge is 2.42. The normalized spacial score (nSPS) is 14.9. The lowest BCUT2D eigenvalue weighted by atomic mass is 9.96. The lowest BCUT2D eigenvalue weighted by Gasteiger charge is -2.34. The summed E-state index contributed by atoms with van der Waals surface area (Å²) in [5.74, 6) is -10.1. The summed E-state index contributed by atoms with van der Waals surface area (Å²) >= 11 is 0. The standard InChI is InChI=1S/C59H90N11O18P/c1-31(2)49(87-58(81)48(66-39(11)72)50(32(3)4)88-89-84-30-41-23-25-42(26-24-41)67-53(76)43(60)22-19-27-63-59(61)82)47(54(77)62-12)68-52(75)36(8)69(13)55(78)34(6)64-51(74)35(7)70(14)56(79)44(29-40-20-17-16-18-21-40)86-57(80)46(65-38(10)71)37(9)85-45(73)28-33(5)83-15/h16-18,20-21,23-26,31-34,36-37,43-44,46-50,89H,7,19,22,27-30,60H2,1-6,8-15H3,(H,62,77)(H,64,74)(H,65,71)(H,66,72)(H,67,76)(H,68,75)(H3,61,63,82)/t33-,34+,36+,37-,43+,44-,46+,47+,48+,49-,50-/m1/s1. The molecule has 10 amide bonds. The predicted octanol–water partition coefficient (Wildman–Crippen LogP) is 1.11. The summed E-state index contributed by atoms with van der Waals surface area (Å²) in [4.78, 5) is 160. The molecule has 2 aromatic carbocycles. The van der Waals surface area contributed by atoms with Crippen molar-refractivity contribution in [3.05, 3.63) is 78.0 Å². The summed E-state index contributed by atoms with van der Waals surface area (Å²) < 4.78 is 34.0. The molecule has 0 aliphatic heterocycles. The first-order valence-corrected chi connectivity index (χ1v) is 29.5. The first-order valence-electron chi connectivity index (χ1n) is 28.7. The minimum atomic E-state index is -1.64. The van der Waals surface area contributed by atoms with Crippen LogP contribution >= 0.6 is 9.03 Å². The first-order chi connectivity index (χ1) is 41.7. The number of carbonyl (C=O) groups excluding carboxylic acids is 12. The van der Waals surface area contributed by atoms with Gasteiger partial charge in [0.1, 0.15) is 36.0 Å². The van der Waals surface area contributed by atoms with Crippen LogP contribution in [0.5, 0.6) is 0 Å². The van der Waals surface area contributed by atoms with Crippen LogP contribution in [0.1, 0.15) is 99.6 Å². The molecule has 11 N–H and O–H groups in total.